The summed E-state index contributed by atoms with van der Waals surface area (Å²) in [6.07, 6.45) is 4.98. The molecule has 2 aromatic carbocycles. The van der Waals surface area contributed by atoms with E-state index in [4.69, 9.17) is 14.0 Å². The number of benzene rings is 2. The predicted molar refractivity (Wildman–Crippen MR) is 160 cm³/mol. The third-order valence-electron chi connectivity index (χ3n) is 7.43. The van der Waals surface area contributed by atoms with Crippen molar-refractivity contribution < 1.29 is 18.8 Å². The zero-order valence-corrected chi connectivity index (χ0v) is 25.1. The second kappa shape index (κ2) is 13.8. The highest BCUT2D eigenvalue weighted by Gasteiger charge is 2.28. The lowest BCUT2D eigenvalue weighted by molar-refractivity contribution is 0.0920. The Morgan fingerprint density at radius 3 is 2.42 bits per heavy atom. The third kappa shape index (κ3) is 6.69. The second-order valence-electron chi connectivity index (χ2n) is 11.0. The van der Waals surface area contributed by atoms with Gasteiger partial charge in [0.25, 0.3) is 5.91 Å². The predicted octanol–water partition coefficient (Wildman–Crippen LogP) is 7.23. The number of ether oxygens (including phenoxy) is 2. The van der Waals surface area contributed by atoms with Crippen molar-refractivity contribution in [3.63, 3.8) is 0 Å². The molecule has 1 amide bonds. The number of fused-ring (bicyclic) bond motifs is 1. The van der Waals surface area contributed by atoms with Gasteiger partial charge in [0.2, 0.25) is 5.76 Å². The molecule has 1 N–H and O–H groups in total. The van der Waals surface area contributed by atoms with Crippen molar-refractivity contribution in [1.29, 1.82) is 0 Å². The Morgan fingerprint density at radius 2 is 1.75 bits per heavy atom. The van der Waals surface area contributed by atoms with Crippen molar-refractivity contribution in [3.05, 3.63) is 52.8 Å². The van der Waals surface area contributed by atoms with E-state index in [0.29, 0.717) is 36.8 Å². The minimum atomic E-state index is -0.272. The van der Waals surface area contributed by atoms with Crippen LogP contribution in [0.25, 0.3) is 22.4 Å². The first-order chi connectivity index (χ1) is 19.4. The molecule has 0 aliphatic carbocycles. The minimum absolute atomic E-state index is 0.221. The molecular weight excluding hydrogens is 502 g/mol. The molecule has 7 nitrogen and oxygen atoms in total. The molecule has 0 saturated heterocycles. The highest BCUT2D eigenvalue weighted by molar-refractivity contribution is 6.02. The van der Waals surface area contributed by atoms with Crippen LogP contribution in [-0.4, -0.2) is 49.3 Å². The summed E-state index contributed by atoms with van der Waals surface area (Å²) in [7, 11) is 2.14. The van der Waals surface area contributed by atoms with E-state index in [1.165, 1.54) is 11.1 Å². The van der Waals surface area contributed by atoms with Crippen LogP contribution >= 0.6 is 0 Å². The van der Waals surface area contributed by atoms with Crippen LogP contribution in [0, 0.1) is 0 Å². The maximum absolute atomic E-state index is 13.2. The number of nitrogens with one attached hydrogen (secondary N) is 1. The van der Waals surface area contributed by atoms with Gasteiger partial charge in [0.1, 0.15) is 17.2 Å². The molecule has 3 aromatic rings. The molecular formula is C33H45N3O4. The van der Waals surface area contributed by atoms with Crippen molar-refractivity contribution in [1.82, 2.24) is 15.4 Å². The standard InChI is InChI=1S/C33H45N3O4/c1-7-10-16-38-28-20-29(39-17-11-8-2)27(19-26(28)22(4)5)31-30(32(40-35-31)33(37)34-9-3)24-12-13-25-21-36(6)15-14-23(25)18-24/h12-13,18-20,22H,7-11,14-17,21H2,1-6H3,(H,34,37). The van der Waals surface area contributed by atoms with Gasteiger partial charge in [0.15, 0.2) is 0 Å². The average Bonchev–Trinajstić information content (AvgIpc) is 3.38. The Balaban J connectivity index is 1.90. The number of hydrogen-bond donors (Lipinski definition) is 1. The van der Waals surface area contributed by atoms with Gasteiger partial charge in [-0.25, -0.2) is 0 Å². The van der Waals surface area contributed by atoms with Crippen LogP contribution in [-0.2, 0) is 13.0 Å². The Morgan fingerprint density at radius 1 is 1.02 bits per heavy atom. The van der Waals surface area contributed by atoms with Crippen LogP contribution in [0.3, 0.4) is 0 Å². The number of unbranched alkanes of at least 4 members (excludes halogenated alkanes) is 2. The van der Waals surface area contributed by atoms with Gasteiger partial charge in [-0.05, 0) is 67.5 Å². The first kappa shape index (κ1) is 29.7. The maximum Gasteiger partial charge on any atom is 0.290 e. The van der Waals surface area contributed by atoms with E-state index in [0.717, 1.165) is 67.6 Å². The van der Waals surface area contributed by atoms with E-state index >= 15 is 0 Å². The van der Waals surface area contributed by atoms with Crippen molar-refractivity contribution in [2.75, 3.05) is 33.4 Å². The lowest BCUT2D eigenvalue weighted by Gasteiger charge is -2.25. The number of hydrogen-bond acceptors (Lipinski definition) is 6. The minimum Gasteiger partial charge on any atom is -0.493 e. The van der Waals surface area contributed by atoms with Crippen molar-refractivity contribution >= 4 is 5.91 Å². The fraction of sp³-hybridized carbons (Fsp3) is 0.515. The van der Waals surface area contributed by atoms with Gasteiger partial charge >= 0.3 is 0 Å². The van der Waals surface area contributed by atoms with E-state index in [-0.39, 0.29) is 17.6 Å². The molecule has 0 spiro atoms. The summed E-state index contributed by atoms with van der Waals surface area (Å²) in [6.45, 7) is 14.2. The third-order valence-corrected chi connectivity index (χ3v) is 7.43. The maximum atomic E-state index is 13.2. The van der Waals surface area contributed by atoms with E-state index < -0.39 is 0 Å². The van der Waals surface area contributed by atoms with Gasteiger partial charge in [-0.15, -0.1) is 0 Å². The highest BCUT2D eigenvalue weighted by atomic mass is 16.5. The summed E-state index contributed by atoms with van der Waals surface area (Å²) in [5, 5.41) is 7.42. The van der Waals surface area contributed by atoms with E-state index in [1.54, 1.807) is 0 Å². The second-order valence-corrected chi connectivity index (χ2v) is 11.0. The SMILES string of the molecule is CCCCOc1cc(OCCCC)c(C(C)C)cc1-c1noc(C(=O)NCC)c1-c1ccc2c(c1)CCN(C)C2. The molecule has 216 valence electrons. The number of likely N-dealkylation sites (N-methyl/N-ethyl adjacent to an activating group) is 1. The molecule has 40 heavy (non-hydrogen) atoms. The summed E-state index contributed by atoms with van der Waals surface area (Å²) in [5.41, 5.74) is 6.74. The lowest BCUT2D eigenvalue weighted by Crippen LogP contribution is -2.26. The first-order valence-corrected chi connectivity index (χ1v) is 14.9. The Hall–Kier alpha value is -3.32. The molecule has 4 rings (SSSR count). The van der Waals surface area contributed by atoms with E-state index in [1.807, 2.05) is 13.0 Å². The molecule has 2 heterocycles. The molecule has 0 radical (unpaired) electrons. The molecule has 0 atom stereocenters. The van der Waals surface area contributed by atoms with Crippen LogP contribution < -0.4 is 14.8 Å². The average molecular weight is 548 g/mol. The number of amides is 1. The number of carbonyl (C=O) groups excluding carboxylic acids is 1. The zero-order chi connectivity index (χ0) is 28.6. The number of rotatable bonds is 13. The van der Waals surface area contributed by atoms with Crippen molar-refractivity contribution in [2.24, 2.45) is 0 Å². The van der Waals surface area contributed by atoms with Crippen LogP contribution in [0.2, 0.25) is 0 Å². The molecule has 0 unspecified atom stereocenters. The summed E-state index contributed by atoms with van der Waals surface area (Å²) >= 11 is 0. The number of aromatic nitrogens is 1. The molecule has 1 aromatic heterocycles. The van der Waals surface area contributed by atoms with E-state index in [2.05, 4.69) is 74.4 Å². The first-order valence-electron chi connectivity index (χ1n) is 14.9. The van der Waals surface area contributed by atoms with Gasteiger partial charge in [0.05, 0.1) is 18.8 Å². The molecule has 1 aliphatic rings. The zero-order valence-electron chi connectivity index (χ0n) is 25.1. The fourth-order valence-electron chi connectivity index (χ4n) is 5.10. The van der Waals surface area contributed by atoms with Gasteiger partial charge < -0.3 is 24.2 Å². The molecule has 7 heteroatoms. The summed E-state index contributed by atoms with van der Waals surface area (Å²) in [4.78, 5) is 15.5. The normalized spacial score (nSPS) is 13.4. The lowest BCUT2D eigenvalue weighted by atomic mass is 9.91. The summed E-state index contributed by atoms with van der Waals surface area (Å²) < 4.78 is 18.4. The molecule has 0 bridgehead atoms. The Kier molecular flexibility index (Phi) is 10.3. The highest BCUT2D eigenvalue weighted by Crippen LogP contribution is 2.44. The van der Waals surface area contributed by atoms with Crippen molar-refractivity contribution in [3.8, 4) is 33.9 Å². The quantitative estimate of drug-likeness (QED) is 0.228. The van der Waals surface area contributed by atoms with Crippen LogP contribution in [0.1, 0.15) is 93.5 Å². The van der Waals surface area contributed by atoms with Gasteiger partial charge in [0, 0.05) is 31.3 Å². The Labute approximate surface area is 239 Å². The van der Waals surface area contributed by atoms with Gasteiger partial charge in [-0.1, -0.05) is 63.9 Å². The molecule has 0 fully saturated rings. The summed E-state index contributed by atoms with van der Waals surface area (Å²) in [6, 6.07) is 10.6. The van der Waals surface area contributed by atoms with Crippen LogP contribution in [0.4, 0.5) is 0 Å². The fourth-order valence-corrected chi connectivity index (χ4v) is 5.10. The largest absolute Gasteiger partial charge is 0.493 e. The van der Waals surface area contributed by atoms with Crippen molar-refractivity contribution in [2.45, 2.75) is 79.2 Å². The van der Waals surface area contributed by atoms with E-state index in [9.17, 15) is 4.79 Å². The molecule has 0 saturated carbocycles. The number of carbonyl (C=O) groups is 1. The van der Waals surface area contributed by atoms with Crippen LogP contribution in [0.15, 0.2) is 34.9 Å². The smallest absolute Gasteiger partial charge is 0.290 e. The Bertz CT molecular complexity index is 1300. The summed E-state index contributed by atoms with van der Waals surface area (Å²) in [5.74, 6) is 1.70. The van der Waals surface area contributed by atoms with Crippen LogP contribution in [0.5, 0.6) is 11.5 Å². The monoisotopic (exact) mass is 547 g/mol. The van der Waals surface area contributed by atoms with Gasteiger partial charge in [-0.3, -0.25) is 4.79 Å². The molecule has 1 aliphatic heterocycles. The number of nitrogens with zero attached hydrogens (tertiary/aromatic N) is 2. The topological polar surface area (TPSA) is 76.8 Å². The van der Waals surface area contributed by atoms with Gasteiger partial charge in [-0.2, -0.15) is 0 Å².